The molecule has 0 aliphatic carbocycles. The summed E-state index contributed by atoms with van der Waals surface area (Å²) in [7, 11) is 0. The Morgan fingerprint density at radius 2 is 1.78 bits per heavy atom. The number of carboxylic acid groups (broad SMARTS) is 1. The number of pyridine rings is 1. The lowest BCUT2D eigenvalue weighted by Gasteiger charge is -2.09. The fraction of sp³-hybridized carbons (Fsp3) is 0.231. The van der Waals surface area contributed by atoms with E-state index in [9.17, 15) is 9.90 Å². The molecule has 1 aromatic carbocycles. The standard InChI is InChI=1S/C13H13NO2.2H2O/c1-7-4-5-11-10(6-7)12(13(15)16)8(2)9(3)14-11;;/h4-6H,1-3H3,(H,15,16);2*1H2. The summed E-state index contributed by atoms with van der Waals surface area (Å²) < 4.78 is 0. The second kappa shape index (κ2) is 5.57. The van der Waals surface area contributed by atoms with E-state index in [0.29, 0.717) is 5.56 Å². The van der Waals surface area contributed by atoms with Crippen molar-refractivity contribution in [2.24, 2.45) is 0 Å². The summed E-state index contributed by atoms with van der Waals surface area (Å²) in [4.78, 5) is 15.7. The molecule has 2 rings (SSSR count). The van der Waals surface area contributed by atoms with Crippen LogP contribution in [0.1, 0.15) is 27.2 Å². The molecule has 0 fully saturated rings. The van der Waals surface area contributed by atoms with E-state index in [4.69, 9.17) is 0 Å². The average Bonchev–Trinajstić information content (AvgIpc) is 2.20. The van der Waals surface area contributed by atoms with Gasteiger partial charge in [-0.15, -0.1) is 0 Å². The molecule has 0 bridgehead atoms. The zero-order valence-electron chi connectivity index (χ0n) is 10.5. The number of nitrogens with zero attached hydrogens (tertiary/aromatic N) is 1. The van der Waals surface area contributed by atoms with Crippen LogP contribution in [-0.4, -0.2) is 27.0 Å². The number of fused-ring (bicyclic) bond motifs is 1. The maximum atomic E-state index is 11.3. The van der Waals surface area contributed by atoms with E-state index in [0.717, 1.165) is 27.7 Å². The molecule has 5 nitrogen and oxygen atoms in total. The van der Waals surface area contributed by atoms with Crippen LogP contribution in [0.2, 0.25) is 0 Å². The lowest BCUT2D eigenvalue weighted by atomic mass is 10.0. The highest BCUT2D eigenvalue weighted by atomic mass is 16.4. The third kappa shape index (κ3) is 2.47. The van der Waals surface area contributed by atoms with E-state index in [1.54, 1.807) is 6.92 Å². The molecule has 98 valence electrons. The summed E-state index contributed by atoms with van der Waals surface area (Å²) in [5, 5.41) is 9.97. The Morgan fingerprint density at radius 1 is 1.17 bits per heavy atom. The minimum atomic E-state index is -0.890. The van der Waals surface area contributed by atoms with E-state index in [-0.39, 0.29) is 11.0 Å². The molecular weight excluding hydrogens is 234 g/mol. The van der Waals surface area contributed by atoms with E-state index in [1.807, 2.05) is 32.0 Å². The van der Waals surface area contributed by atoms with Crippen LogP contribution in [0, 0.1) is 20.8 Å². The molecule has 1 heterocycles. The van der Waals surface area contributed by atoms with E-state index in [1.165, 1.54) is 0 Å². The number of rotatable bonds is 1. The molecule has 0 radical (unpaired) electrons. The average molecular weight is 251 g/mol. The van der Waals surface area contributed by atoms with Gasteiger partial charge in [0.05, 0.1) is 11.1 Å². The summed E-state index contributed by atoms with van der Waals surface area (Å²) in [5.74, 6) is -0.890. The van der Waals surface area contributed by atoms with Crippen LogP contribution in [0.3, 0.4) is 0 Å². The molecular formula is C13H17NO4. The number of benzene rings is 1. The molecule has 18 heavy (non-hydrogen) atoms. The van der Waals surface area contributed by atoms with Crippen molar-refractivity contribution >= 4 is 16.9 Å². The molecule has 0 spiro atoms. The van der Waals surface area contributed by atoms with Gasteiger partial charge in [-0.2, -0.15) is 0 Å². The van der Waals surface area contributed by atoms with Gasteiger partial charge in [0.2, 0.25) is 0 Å². The fourth-order valence-electron chi connectivity index (χ4n) is 1.87. The molecule has 0 atom stereocenters. The zero-order valence-corrected chi connectivity index (χ0v) is 10.5. The Hall–Kier alpha value is -1.98. The summed E-state index contributed by atoms with van der Waals surface area (Å²) in [5.41, 5.74) is 3.66. The molecule has 2 aromatic rings. The van der Waals surface area contributed by atoms with Gasteiger partial charge in [-0.1, -0.05) is 11.6 Å². The predicted octanol–water partition coefficient (Wildman–Crippen LogP) is 1.21. The maximum Gasteiger partial charge on any atom is 0.336 e. The van der Waals surface area contributed by atoms with E-state index >= 15 is 0 Å². The number of aryl methyl sites for hydroxylation is 2. The molecule has 0 saturated carbocycles. The first-order valence-corrected chi connectivity index (χ1v) is 5.11. The Bertz CT molecular complexity index is 593. The third-order valence-electron chi connectivity index (χ3n) is 2.84. The number of hydrogen-bond acceptors (Lipinski definition) is 2. The second-order valence-corrected chi connectivity index (χ2v) is 4.02. The van der Waals surface area contributed by atoms with Crippen molar-refractivity contribution < 1.29 is 20.9 Å². The summed E-state index contributed by atoms with van der Waals surface area (Å²) >= 11 is 0. The second-order valence-electron chi connectivity index (χ2n) is 4.02. The van der Waals surface area contributed by atoms with Gasteiger partial charge in [-0.05, 0) is 38.5 Å². The normalized spacial score (nSPS) is 9.50. The highest BCUT2D eigenvalue weighted by molar-refractivity contribution is 6.04. The number of hydrogen-bond donors (Lipinski definition) is 1. The van der Waals surface area contributed by atoms with Crippen LogP contribution in [0.5, 0.6) is 0 Å². The SMILES string of the molecule is Cc1ccc2nc(C)c(C)c(C(=O)O)c2c1.O.O. The Morgan fingerprint density at radius 3 is 2.33 bits per heavy atom. The summed E-state index contributed by atoms with van der Waals surface area (Å²) in [6.45, 7) is 5.58. The van der Waals surface area contributed by atoms with Crippen molar-refractivity contribution in [3.8, 4) is 0 Å². The van der Waals surface area contributed by atoms with Gasteiger partial charge in [0.25, 0.3) is 0 Å². The highest BCUT2D eigenvalue weighted by Gasteiger charge is 2.15. The molecule has 0 unspecified atom stereocenters. The number of aromatic carboxylic acids is 1. The van der Waals surface area contributed by atoms with Crippen LogP contribution in [0.25, 0.3) is 10.9 Å². The van der Waals surface area contributed by atoms with Crippen molar-refractivity contribution in [2.45, 2.75) is 20.8 Å². The summed E-state index contributed by atoms with van der Waals surface area (Å²) in [6.07, 6.45) is 0. The molecule has 0 aliphatic heterocycles. The highest BCUT2D eigenvalue weighted by Crippen LogP contribution is 2.23. The van der Waals surface area contributed by atoms with Crippen molar-refractivity contribution in [2.75, 3.05) is 0 Å². The first-order valence-electron chi connectivity index (χ1n) is 5.11. The van der Waals surface area contributed by atoms with Crippen LogP contribution in [0.4, 0.5) is 0 Å². The van der Waals surface area contributed by atoms with Crippen LogP contribution >= 0.6 is 0 Å². The smallest absolute Gasteiger partial charge is 0.336 e. The molecule has 0 aliphatic rings. The number of carbonyl (C=O) groups is 1. The van der Waals surface area contributed by atoms with Crippen LogP contribution in [0.15, 0.2) is 18.2 Å². The predicted molar refractivity (Wildman–Crippen MR) is 70.1 cm³/mol. The molecule has 5 N–H and O–H groups in total. The van der Waals surface area contributed by atoms with Gasteiger partial charge in [0.15, 0.2) is 0 Å². The van der Waals surface area contributed by atoms with Gasteiger partial charge in [0.1, 0.15) is 0 Å². The topological polar surface area (TPSA) is 113 Å². The number of carboxylic acids is 1. The monoisotopic (exact) mass is 251 g/mol. The van der Waals surface area contributed by atoms with Gasteiger partial charge in [-0.25, -0.2) is 4.79 Å². The van der Waals surface area contributed by atoms with Gasteiger partial charge in [0, 0.05) is 11.1 Å². The number of aromatic nitrogens is 1. The first kappa shape index (κ1) is 16.0. The zero-order chi connectivity index (χ0) is 11.9. The first-order chi connectivity index (χ1) is 7.50. The lowest BCUT2D eigenvalue weighted by Crippen LogP contribution is -2.04. The molecule has 0 amide bonds. The van der Waals surface area contributed by atoms with Crippen LogP contribution in [-0.2, 0) is 0 Å². The maximum absolute atomic E-state index is 11.3. The molecule has 1 aromatic heterocycles. The van der Waals surface area contributed by atoms with E-state index < -0.39 is 5.97 Å². The minimum absolute atomic E-state index is 0. The van der Waals surface area contributed by atoms with E-state index in [2.05, 4.69) is 4.98 Å². The lowest BCUT2D eigenvalue weighted by molar-refractivity contribution is 0.0698. The Balaban J connectivity index is 0.00000144. The molecule has 0 saturated heterocycles. The fourth-order valence-corrected chi connectivity index (χ4v) is 1.87. The quantitative estimate of drug-likeness (QED) is 0.821. The minimum Gasteiger partial charge on any atom is -0.478 e. The van der Waals surface area contributed by atoms with Crippen molar-refractivity contribution in [1.82, 2.24) is 4.98 Å². The van der Waals surface area contributed by atoms with Crippen molar-refractivity contribution in [1.29, 1.82) is 0 Å². The van der Waals surface area contributed by atoms with Gasteiger partial charge < -0.3 is 16.1 Å². The van der Waals surface area contributed by atoms with Gasteiger partial charge >= 0.3 is 5.97 Å². The van der Waals surface area contributed by atoms with Crippen molar-refractivity contribution in [3.05, 3.63) is 40.6 Å². The molecule has 5 heteroatoms. The van der Waals surface area contributed by atoms with Gasteiger partial charge in [-0.3, -0.25) is 4.98 Å². The largest absolute Gasteiger partial charge is 0.478 e. The summed E-state index contributed by atoms with van der Waals surface area (Å²) in [6, 6.07) is 5.68. The van der Waals surface area contributed by atoms with Crippen molar-refractivity contribution in [3.63, 3.8) is 0 Å². The Labute approximate surface area is 105 Å². The third-order valence-corrected chi connectivity index (χ3v) is 2.84. The Kier molecular flexibility index (Phi) is 4.96. The van der Waals surface area contributed by atoms with Crippen LogP contribution < -0.4 is 0 Å².